The number of hydrogen-bond acceptors (Lipinski definition) is 3. The lowest BCUT2D eigenvalue weighted by molar-refractivity contribution is 0.417. The molecule has 0 aromatic heterocycles. The molecular formula is C14H15ClN2O. The molecule has 2 aromatic carbocycles. The van der Waals surface area contributed by atoms with Crippen molar-refractivity contribution in [3.63, 3.8) is 0 Å². The van der Waals surface area contributed by atoms with Gasteiger partial charge in [-0.25, -0.2) is 0 Å². The number of rotatable bonds is 3. The molecule has 0 saturated carbocycles. The number of nitrogens with two attached hydrogens (primary N) is 1. The molecule has 94 valence electrons. The van der Waals surface area contributed by atoms with E-state index in [2.05, 4.69) is 5.32 Å². The van der Waals surface area contributed by atoms with E-state index in [4.69, 9.17) is 22.1 Å². The zero-order valence-corrected chi connectivity index (χ0v) is 11.1. The highest BCUT2D eigenvalue weighted by atomic mass is 35.5. The van der Waals surface area contributed by atoms with Crippen molar-refractivity contribution in [3.05, 3.63) is 47.0 Å². The summed E-state index contributed by atoms with van der Waals surface area (Å²) in [4.78, 5) is 0. The zero-order valence-electron chi connectivity index (χ0n) is 10.3. The fraction of sp³-hybridized carbons (Fsp3) is 0.143. The number of halogens is 1. The minimum absolute atomic E-state index is 0.643. The topological polar surface area (TPSA) is 47.3 Å². The van der Waals surface area contributed by atoms with E-state index in [0.29, 0.717) is 5.02 Å². The van der Waals surface area contributed by atoms with E-state index in [1.807, 2.05) is 37.3 Å². The first-order valence-corrected chi connectivity index (χ1v) is 5.95. The minimum Gasteiger partial charge on any atom is -0.495 e. The van der Waals surface area contributed by atoms with Crippen molar-refractivity contribution in [2.45, 2.75) is 6.92 Å². The number of hydrogen-bond donors (Lipinski definition) is 2. The van der Waals surface area contributed by atoms with Crippen LogP contribution >= 0.6 is 11.6 Å². The summed E-state index contributed by atoms with van der Waals surface area (Å²) in [6.45, 7) is 1.97. The fourth-order valence-electron chi connectivity index (χ4n) is 1.71. The van der Waals surface area contributed by atoms with Crippen molar-refractivity contribution in [3.8, 4) is 5.75 Å². The number of para-hydroxylation sites is 1. The van der Waals surface area contributed by atoms with Gasteiger partial charge in [-0.3, -0.25) is 0 Å². The minimum atomic E-state index is 0.643. The Morgan fingerprint density at radius 3 is 2.67 bits per heavy atom. The molecule has 0 saturated heterocycles. The first-order chi connectivity index (χ1) is 8.61. The summed E-state index contributed by atoms with van der Waals surface area (Å²) in [5.41, 5.74) is 9.41. The van der Waals surface area contributed by atoms with Crippen molar-refractivity contribution < 1.29 is 4.74 Å². The number of nitrogens with one attached hydrogen (secondary N) is 1. The normalized spacial score (nSPS) is 10.2. The molecule has 0 radical (unpaired) electrons. The average Bonchev–Trinajstić information content (AvgIpc) is 2.35. The quantitative estimate of drug-likeness (QED) is 0.823. The molecule has 0 heterocycles. The number of methoxy groups -OCH3 is 1. The number of anilines is 3. The van der Waals surface area contributed by atoms with Gasteiger partial charge in [-0.15, -0.1) is 0 Å². The molecule has 0 aliphatic carbocycles. The second kappa shape index (κ2) is 5.19. The van der Waals surface area contributed by atoms with Gasteiger partial charge in [0.25, 0.3) is 0 Å². The lowest BCUT2D eigenvalue weighted by Crippen LogP contribution is -1.99. The van der Waals surface area contributed by atoms with Gasteiger partial charge in [0.2, 0.25) is 0 Å². The van der Waals surface area contributed by atoms with Crippen molar-refractivity contribution >= 4 is 28.7 Å². The van der Waals surface area contributed by atoms with Gasteiger partial charge in [0.1, 0.15) is 5.75 Å². The summed E-state index contributed by atoms with van der Waals surface area (Å²) in [6.07, 6.45) is 0. The van der Waals surface area contributed by atoms with Crippen LogP contribution in [-0.2, 0) is 0 Å². The van der Waals surface area contributed by atoms with Crippen LogP contribution in [0.15, 0.2) is 36.4 Å². The highest BCUT2D eigenvalue weighted by Gasteiger charge is 2.07. The van der Waals surface area contributed by atoms with Crippen molar-refractivity contribution in [1.82, 2.24) is 0 Å². The predicted octanol–water partition coefficient (Wildman–Crippen LogP) is 3.98. The van der Waals surface area contributed by atoms with Crippen molar-refractivity contribution in [2.75, 3.05) is 18.2 Å². The third-order valence-electron chi connectivity index (χ3n) is 2.75. The van der Waals surface area contributed by atoms with E-state index in [9.17, 15) is 0 Å². The number of aryl methyl sites for hydroxylation is 1. The molecule has 3 nitrogen and oxygen atoms in total. The molecule has 2 aromatic rings. The molecule has 0 atom stereocenters. The molecule has 0 unspecified atom stereocenters. The molecule has 0 amide bonds. The molecule has 0 fully saturated rings. The van der Waals surface area contributed by atoms with Crippen LogP contribution in [0.5, 0.6) is 5.75 Å². The molecule has 2 rings (SSSR count). The Balaban J connectivity index is 2.39. The largest absolute Gasteiger partial charge is 0.495 e. The lowest BCUT2D eigenvalue weighted by atomic mass is 10.1. The maximum Gasteiger partial charge on any atom is 0.142 e. The van der Waals surface area contributed by atoms with E-state index < -0.39 is 0 Å². The third kappa shape index (κ3) is 2.51. The maximum absolute atomic E-state index is 6.02. The van der Waals surface area contributed by atoms with E-state index in [1.165, 1.54) is 0 Å². The summed E-state index contributed by atoms with van der Waals surface area (Å²) in [7, 11) is 1.62. The Kier molecular flexibility index (Phi) is 3.63. The van der Waals surface area contributed by atoms with Gasteiger partial charge < -0.3 is 15.8 Å². The number of ether oxygens (including phenoxy) is 1. The third-order valence-corrected chi connectivity index (χ3v) is 2.99. The molecule has 0 spiro atoms. The van der Waals surface area contributed by atoms with E-state index in [-0.39, 0.29) is 0 Å². The smallest absolute Gasteiger partial charge is 0.142 e. The first kappa shape index (κ1) is 12.6. The van der Waals surface area contributed by atoms with Gasteiger partial charge in [-0.1, -0.05) is 23.7 Å². The Morgan fingerprint density at radius 1 is 1.17 bits per heavy atom. The highest BCUT2D eigenvalue weighted by Crippen LogP contribution is 2.33. The van der Waals surface area contributed by atoms with E-state index in [0.717, 1.165) is 28.4 Å². The van der Waals surface area contributed by atoms with Crippen LogP contribution in [0, 0.1) is 6.92 Å². The second-order valence-corrected chi connectivity index (χ2v) is 4.44. The summed E-state index contributed by atoms with van der Waals surface area (Å²) < 4.78 is 5.28. The van der Waals surface area contributed by atoms with Gasteiger partial charge in [0, 0.05) is 5.02 Å². The van der Waals surface area contributed by atoms with Crippen LogP contribution in [-0.4, -0.2) is 7.11 Å². The fourth-order valence-corrected chi connectivity index (χ4v) is 1.88. The van der Waals surface area contributed by atoms with Crippen LogP contribution < -0.4 is 15.8 Å². The number of nitrogen functional groups attached to an aromatic ring is 1. The summed E-state index contributed by atoms with van der Waals surface area (Å²) in [5, 5.41) is 3.88. The van der Waals surface area contributed by atoms with Crippen molar-refractivity contribution in [1.29, 1.82) is 0 Å². The van der Waals surface area contributed by atoms with Gasteiger partial charge in [0.15, 0.2) is 0 Å². The van der Waals surface area contributed by atoms with E-state index >= 15 is 0 Å². The summed E-state index contributed by atoms with van der Waals surface area (Å²) in [6, 6.07) is 11.2. The predicted molar refractivity (Wildman–Crippen MR) is 76.9 cm³/mol. The Labute approximate surface area is 112 Å². The molecule has 0 bridgehead atoms. The van der Waals surface area contributed by atoms with Gasteiger partial charge >= 0.3 is 0 Å². The molecule has 3 N–H and O–H groups in total. The second-order valence-electron chi connectivity index (χ2n) is 4.01. The zero-order chi connectivity index (χ0) is 13.1. The molecule has 0 aliphatic heterocycles. The van der Waals surface area contributed by atoms with Crippen LogP contribution in [0.3, 0.4) is 0 Å². The summed E-state index contributed by atoms with van der Waals surface area (Å²) in [5.74, 6) is 0.723. The standard InChI is InChI=1S/C14H15ClN2O/c1-9-4-3-5-11(14(9)16)17-12-8-10(15)6-7-13(12)18-2/h3-8,17H,16H2,1-2H3. The Bertz CT molecular complexity index is 570. The van der Waals surface area contributed by atoms with Crippen molar-refractivity contribution in [2.24, 2.45) is 0 Å². The molecule has 4 heteroatoms. The van der Waals surface area contributed by atoms with Gasteiger partial charge in [-0.05, 0) is 36.8 Å². The lowest BCUT2D eigenvalue weighted by Gasteiger charge is -2.14. The Morgan fingerprint density at radius 2 is 1.94 bits per heavy atom. The Hall–Kier alpha value is -1.87. The first-order valence-electron chi connectivity index (χ1n) is 5.57. The maximum atomic E-state index is 6.02. The number of benzene rings is 2. The molecular weight excluding hydrogens is 248 g/mol. The summed E-state index contributed by atoms with van der Waals surface area (Å²) >= 11 is 5.98. The SMILES string of the molecule is COc1ccc(Cl)cc1Nc1cccc(C)c1N. The van der Waals surface area contributed by atoms with Crippen LogP contribution in [0.4, 0.5) is 17.1 Å². The van der Waals surface area contributed by atoms with Crippen LogP contribution in [0.1, 0.15) is 5.56 Å². The average molecular weight is 263 g/mol. The van der Waals surface area contributed by atoms with Crippen LogP contribution in [0.25, 0.3) is 0 Å². The molecule has 0 aliphatic rings. The highest BCUT2D eigenvalue weighted by molar-refractivity contribution is 6.31. The monoisotopic (exact) mass is 262 g/mol. The van der Waals surface area contributed by atoms with Crippen LogP contribution in [0.2, 0.25) is 5.02 Å². The van der Waals surface area contributed by atoms with Gasteiger partial charge in [0.05, 0.1) is 24.2 Å². The molecule has 18 heavy (non-hydrogen) atoms. The van der Waals surface area contributed by atoms with Gasteiger partial charge in [-0.2, -0.15) is 0 Å². The van der Waals surface area contributed by atoms with E-state index in [1.54, 1.807) is 13.2 Å².